The van der Waals surface area contributed by atoms with Gasteiger partial charge in [0.25, 0.3) is 5.91 Å². The van der Waals surface area contributed by atoms with Gasteiger partial charge in [-0.05, 0) is 116 Å². The third kappa shape index (κ3) is 8.04. The molecule has 7 atom stereocenters. The first-order valence-electron chi connectivity index (χ1n) is 21.2. The molecule has 1 saturated carbocycles. The molecule has 11 heteroatoms. The smallest absolute Gasteiger partial charge is 0.262 e. The highest BCUT2D eigenvalue weighted by molar-refractivity contribution is 7.99. The summed E-state index contributed by atoms with van der Waals surface area (Å²) in [4.78, 5) is 21.7. The minimum absolute atomic E-state index is 0.0260. The van der Waals surface area contributed by atoms with Gasteiger partial charge < -0.3 is 19.1 Å². The minimum atomic E-state index is -2.97. The van der Waals surface area contributed by atoms with E-state index in [0.717, 1.165) is 114 Å². The summed E-state index contributed by atoms with van der Waals surface area (Å²) in [6, 6.07) is 12.6. The number of hydrogen-bond acceptors (Lipinski definition) is 8. The van der Waals surface area contributed by atoms with Gasteiger partial charge in [-0.3, -0.25) is 19.3 Å². The van der Waals surface area contributed by atoms with Crippen molar-refractivity contribution in [3.05, 3.63) is 70.3 Å². The van der Waals surface area contributed by atoms with Crippen LogP contribution in [0.15, 0.2) is 48.6 Å². The molecular weight excluding hydrogens is 744 g/mol. The molecule has 2 aromatic carbocycles. The maximum atomic E-state index is 14.2. The van der Waals surface area contributed by atoms with Gasteiger partial charge in [0, 0.05) is 67.1 Å². The number of carbonyl (C=O) groups is 1. The number of benzene rings is 2. The van der Waals surface area contributed by atoms with Gasteiger partial charge in [0.1, 0.15) is 11.4 Å². The predicted molar refractivity (Wildman–Crippen MR) is 228 cm³/mol. The van der Waals surface area contributed by atoms with E-state index in [0.29, 0.717) is 42.6 Å². The molecule has 1 unspecified atom stereocenters. The molecule has 306 valence electrons. The van der Waals surface area contributed by atoms with Crippen LogP contribution in [0.25, 0.3) is 0 Å². The Morgan fingerprint density at radius 3 is 2.61 bits per heavy atom. The lowest BCUT2D eigenvalue weighted by molar-refractivity contribution is -0.127. The molecule has 4 aliphatic heterocycles. The molecule has 0 aromatic heterocycles. The number of fused-ring (bicyclic) bond motifs is 4. The van der Waals surface area contributed by atoms with E-state index >= 15 is 0 Å². The molecule has 0 radical (unpaired) electrons. The highest BCUT2D eigenvalue weighted by Crippen LogP contribution is 2.49. The maximum absolute atomic E-state index is 14.2. The molecule has 8 rings (SSSR count). The number of anilines is 1. The number of halogens is 1. The molecule has 1 amide bonds. The zero-order valence-corrected chi connectivity index (χ0v) is 35.6. The summed E-state index contributed by atoms with van der Waals surface area (Å²) in [5.41, 5.74) is 3.31. The van der Waals surface area contributed by atoms with Crippen LogP contribution >= 0.6 is 11.6 Å². The van der Waals surface area contributed by atoms with Gasteiger partial charge in [-0.2, -0.15) is 0 Å². The number of aryl methyl sites for hydroxylation is 1. The Kier molecular flexibility index (Phi) is 11.6. The molecule has 1 spiro atoms. The summed E-state index contributed by atoms with van der Waals surface area (Å²) < 4.78 is 36.7. The van der Waals surface area contributed by atoms with Gasteiger partial charge in [-0.15, -0.1) is 0 Å². The molecule has 56 heavy (non-hydrogen) atoms. The van der Waals surface area contributed by atoms with Crippen molar-refractivity contribution in [1.29, 1.82) is 0 Å². The van der Waals surface area contributed by atoms with Crippen LogP contribution in [0.3, 0.4) is 0 Å². The second kappa shape index (κ2) is 16.2. The number of piperazine rings is 1. The van der Waals surface area contributed by atoms with Crippen LogP contribution in [0.4, 0.5) is 5.69 Å². The van der Waals surface area contributed by atoms with Gasteiger partial charge in [-0.25, -0.2) is 4.21 Å². The summed E-state index contributed by atoms with van der Waals surface area (Å²) >= 11 is 6.55. The predicted octanol–water partition coefficient (Wildman–Crippen LogP) is 6.61. The Hall–Kier alpha value is -2.60. The van der Waals surface area contributed by atoms with E-state index in [1.807, 2.05) is 31.2 Å². The van der Waals surface area contributed by atoms with E-state index in [1.54, 1.807) is 0 Å². The fraction of sp³-hybridized carbons (Fsp3) is 0.644. The molecule has 3 fully saturated rings. The Bertz CT molecular complexity index is 1890. The van der Waals surface area contributed by atoms with Crippen molar-refractivity contribution in [3.8, 4) is 5.75 Å². The summed E-state index contributed by atoms with van der Waals surface area (Å²) in [6.07, 6.45) is 10.7. The number of rotatable bonds is 6. The van der Waals surface area contributed by atoms with Gasteiger partial charge in [-0.1, -0.05) is 50.6 Å². The topological polar surface area (TPSA) is 83.6 Å². The van der Waals surface area contributed by atoms with Crippen molar-refractivity contribution >= 4 is 38.8 Å². The van der Waals surface area contributed by atoms with Crippen molar-refractivity contribution in [3.63, 3.8) is 0 Å². The van der Waals surface area contributed by atoms with Gasteiger partial charge in [0.15, 0.2) is 0 Å². The molecule has 2 saturated heterocycles. The lowest BCUT2D eigenvalue weighted by Gasteiger charge is -2.53. The molecule has 4 heterocycles. The van der Waals surface area contributed by atoms with Crippen LogP contribution in [0.5, 0.6) is 5.75 Å². The van der Waals surface area contributed by atoms with E-state index in [-0.39, 0.29) is 22.5 Å². The van der Waals surface area contributed by atoms with E-state index < -0.39 is 15.3 Å². The zero-order valence-electron chi connectivity index (χ0n) is 34.0. The number of hydrogen-bond donors (Lipinski definition) is 1. The first kappa shape index (κ1) is 40.2. The lowest BCUT2D eigenvalue weighted by atomic mass is 9.63. The number of nitrogens with one attached hydrogen (secondary N) is 1. The molecule has 1 N–H and O–H groups in total. The third-order valence-electron chi connectivity index (χ3n) is 14.1. The average molecular weight is 808 g/mol. The third-order valence-corrected chi connectivity index (χ3v) is 16.5. The van der Waals surface area contributed by atoms with Gasteiger partial charge in [0.2, 0.25) is 0 Å². The number of carbonyl (C=O) groups excluding carboxylic acids is 1. The number of amides is 1. The van der Waals surface area contributed by atoms with Gasteiger partial charge >= 0.3 is 0 Å². The Morgan fingerprint density at radius 2 is 1.89 bits per heavy atom. The summed E-state index contributed by atoms with van der Waals surface area (Å²) in [7, 11) is -2.97. The van der Waals surface area contributed by atoms with E-state index in [9.17, 15) is 9.00 Å². The van der Waals surface area contributed by atoms with E-state index in [2.05, 4.69) is 70.3 Å². The second-order valence-corrected chi connectivity index (χ2v) is 21.2. The minimum Gasteiger partial charge on any atom is -0.490 e. The Labute approximate surface area is 340 Å². The van der Waals surface area contributed by atoms with Crippen LogP contribution in [0.1, 0.15) is 81.3 Å². The number of ether oxygens (including phenoxy) is 3. The van der Waals surface area contributed by atoms with Crippen molar-refractivity contribution in [2.75, 3.05) is 77.1 Å². The SMILES string of the molecule is C=S1(=O)NC(=O)c2ccc3c(c2)N(C[C@@H]2CC[C@H]2[C@](CN2CCN(C4COC4)CC2)(OCC(C)C)/C=C/C[C@H](C)[C@H]1C)C[C@@]1(CCCc2cc(Cl)ccc21)CO3. The molecule has 9 nitrogen and oxygen atoms in total. The first-order chi connectivity index (χ1) is 26.8. The standard InChI is InChI=1S/C45H63ClN4O5S/c1-31(2)25-55-45(29-48-18-20-49(21-19-48)38-26-53-27-38)17-6-8-32(3)33(4)56(5,52)47-43(51)35-11-15-42-41(23-35)50(24-36-10-13-40(36)45)28-44(30-54-42)16-7-9-34-22-37(46)12-14-39(34)44/h6,11-12,14-15,17,22-23,31-33,36,38,40H,5,7-10,13,16,18-21,24-30H2,1-4H3,(H,47,51,52)/b17-6+/t32-,33+,36-,40+,44-,45-,56?/m0/s1. The maximum Gasteiger partial charge on any atom is 0.262 e. The molecule has 2 aliphatic carbocycles. The summed E-state index contributed by atoms with van der Waals surface area (Å²) in [5, 5.41) is 0.432. The highest BCUT2D eigenvalue weighted by atomic mass is 35.5. The molecule has 2 bridgehead atoms. The number of allylic oxidation sites excluding steroid dienone is 1. The Balaban J connectivity index is 1.19. The van der Waals surface area contributed by atoms with E-state index in [4.69, 9.17) is 25.8 Å². The molecule has 6 aliphatic rings. The lowest BCUT2D eigenvalue weighted by Crippen LogP contribution is -2.61. The molecule has 2 aromatic rings. The van der Waals surface area contributed by atoms with Crippen LogP contribution in [0, 0.1) is 23.7 Å². The van der Waals surface area contributed by atoms with E-state index in [1.165, 1.54) is 11.1 Å². The monoisotopic (exact) mass is 806 g/mol. The fourth-order valence-electron chi connectivity index (χ4n) is 10.2. The zero-order chi connectivity index (χ0) is 39.2. The highest BCUT2D eigenvalue weighted by Gasteiger charge is 2.50. The van der Waals surface area contributed by atoms with Crippen molar-refractivity contribution in [1.82, 2.24) is 14.5 Å². The summed E-state index contributed by atoms with van der Waals surface area (Å²) in [6.45, 7) is 18.1. The van der Waals surface area contributed by atoms with Crippen LogP contribution in [0.2, 0.25) is 5.02 Å². The number of nitrogens with zero attached hydrogens (tertiary/aromatic N) is 3. The van der Waals surface area contributed by atoms with Crippen molar-refractivity contribution in [2.24, 2.45) is 23.7 Å². The normalized spacial score (nSPS) is 35.0. The second-order valence-electron chi connectivity index (χ2n) is 18.4. The summed E-state index contributed by atoms with van der Waals surface area (Å²) in [5.74, 6) is 5.63. The first-order valence-corrected chi connectivity index (χ1v) is 23.4. The van der Waals surface area contributed by atoms with Crippen molar-refractivity contribution < 1.29 is 23.2 Å². The fourth-order valence-corrected chi connectivity index (χ4v) is 11.9. The van der Waals surface area contributed by atoms with Crippen LogP contribution in [-0.2, 0) is 31.0 Å². The quantitative estimate of drug-likeness (QED) is 0.258. The largest absolute Gasteiger partial charge is 0.490 e. The molecular formula is C45H63ClN4O5S. The van der Waals surface area contributed by atoms with Crippen LogP contribution < -0.4 is 14.4 Å². The van der Waals surface area contributed by atoms with Crippen LogP contribution in [-0.4, -0.2) is 115 Å². The van der Waals surface area contributed by atoms with Crippen molar-refractivity contribution in [2.45, 2.75) is 88.5 Å². The average Bonchev–Trinajstić information content (AvgIpc) is 3.28. The van der Waals surface area contributed by atoms with Gasteiger partial charge in [0.05, 0.1) is 47.9 Å². The Morgan fingerprint density at radius 1 is 1.09 bits per heavy atom.